The van der Waals surface area contributed by atoms with Gasteiger partial charge in [0.05, 0.1) is 0 Å². The Morgan fingerprint density at radius 3 is 0.583 bits per heavy atom. The third-order valence-electron chi connectivity index (χ3n) is 8.65. The van der Waals surface area contributed by atoms with E-state index in [0.717, 1.165) is 5.92 Å². The van der Waals surface area contributed by atoms with Gasteiger partial charge < -0.3 is 0 Å². The van der Waals surface area contributed by atoms with Crippen LogP contribution in [0.15, 0.2) is 0 Å². The fraction of sp³-hybridized carbons (Fsp3) is 1.00. The Morgan fingerprint density at radius 2 is 0.389 bits per heavy atom. The number of hydrogen-bond donors (Lipinski definition) is 0. The highest BCUT2D eigenvalue weighted by Gasteiger charge is 2.09. The normalized spacial score (nSPS) is 11.7. The van der Waals surface area contributed by atoms with Crippen LogP contribution < -0.4 is 0 Å². The van der Waals surface area contributed by atoms with E-state index >= 15 is 0 Å². The molecule has 0 aliphatic heterocycles. The Morgan fingerprint density at radius 1 is 0.222 bits per heavy atom. The summed E-state index contributed by atoms with van der Waals surface area (Å²) < 4.78 is 0. The Kier molecular flexibility index (Phi) is 33.0. The summed E-state index contributed by atoms with van der Waals surface area (Å²) in [7, 11) is 0. The molecule has 0 fully saturated rings. The lowest BCUT2D eigenvalue weighted by atomic mass is 9.89. The van der Waals surface area contributed by atoms with Gasteiger partial charge in [-0.05, 0) is 5.92 Å². The van der Waals surface area contributed by atoms with Crippen molar-refractivity contribution in [3.8, 4) is 0 Å². The van der Waals surface area contributed by atoms with Crippen LogP contribution in [-0.2, 0) is 0 Å². The van der Waals surface area contributed by atoms with E-state index in [9.17, 15) is 0 Å². The molecule has 0 nitrogen and oxygen atoms in total. The quantitative estimate of drug-likeness (QED) is 0.0795. The van der Waals surface area contributed by atoms with Gasteiger partial charge in [-0.2, -0.15) is 0 Å². The summed E-state index contributed by atoms with van der Waals surface area (Å²) in [6.07, 6.45) is 47.3. The van der Waals surface area contributed by atoms with Gasteiger partial charge in [-0.15, -0.1) is 0 Å². The van der Waals surface area contributed by atoms with Crippen LogP contribution in [0.4, 0.5) is 0 Å². The number of hydrogen-bond acceptors (Lipinski definition) is 0. The van der Waals surface area contributed by atoms with Crippen molar-refractivity contribution in [1.29, 1.82) is 0 Å². The molecule has 0 aliphatic carbocycles. The zero-order valence-electron chi connectivity index (χ0n) is 26.2. The molecule has 0 N–H and O–H groups in total. The third-order valence-corrected chi connectivity index (χ3v) is 8.65. The van der Waals surface area contributed by atoms with Crippen LogP contribution in [0.5, 0.6) is 0 Å². The fourth-order valence-corrected chi connectivity index (χ4v) is 6.02. The second-order valence-corrected chi connectivity index (χ2v) is 12.4. The summed E-state index contributed by atoms with van der Waals surface area (Å²) in [4.78, 5) is 0. The molecule has 0 atom stereocenters. The second-order valence-electron chi connectivity index (χ2n) is 12.4. The first-order valence-electron chi connectivity index (χ1n) is 17.8. The minimum absolute atomic E-state index is 1.04. The summed E-state index contributed by atoms with van der Waals surface area (Å²) in [5.74, 6) is 1.04. The lowest BCUT2D eigenvalue weighted by Crippen LogP contribution is -2.01. The van der Waals surface area contributed by atoms with E-state index in [1.54, 1.807) is 0 Å². The molecule has 0 heterocycles. The van der Waals surface area contributed by atoms with Gasteiger partial charge in [0.25, 0.3) is 0 Å². The molecule has 0 rings (SSSR count). The van der Waals surface area contributed by atoms with Crippen molar-refractivity contribution >= 4 is 0 Å². The maximum atomic E-state index is 2.32. The molecule has 0 unspecified atom stereocenters. The SMILES string of the molecule is CCCCCCCCCCCCC(CCCCCCCCCCC)CCCCCCCCCCCC. The maximum absolute atomic E-state index is 2.32. The van der Waals surface area contributed by atoms with Gasteiger partial charge in [-0.25, -0.2) is 0 Å². The topological polar surface area (TPSA) is 0 Å². The maximum Gasteiger partial charge on any atom is -0.0414 e. The van der Waals surface area contributed by atoms with Gasteiger partial charge in [-0.3, -0.25) is 0 Å². The van der Waals surface area contributed by atoms with Gasteiger partial charge >= 0.3 is 0 Å². The summed E-state index contributed by atoms with van der Waals surface area (Å²) in [5, 5.41) is 0. The Labute approximate surface area is 232 Å². The summed E-state index contributed by atoms with van der Waals surface area (Å²) in [6, 6.07) is 0. The highest BCUT2D eigenvalue weighted by Crippen LogP contribution is 2.25. The van der Waals surface area contributed by atoms with E-state index in [2.05, 4.69) is 20.8 Å². The second kappa shape index (κ2) is 33.0. The molecule has 0 amide bonds. The van der Waals surface area contributed by atoms with Crippen LogP contribution in [0.2, 0.25) is 0 Å². The van der Waals surface area contributed by atoms with Crippen LogP contribution in [-0.4, -0.2) is 0 Å². The highest BCUT2D eigenvalue weighted by atomic mass is 14.1. The lowest BCUT2D eigenvalue weighted by molar-refractivity contribution is 0.365. The molecule has 0 bridgehead atoms. The molecular weight excluding hydrogens is 432 g/mol. The molecular formula is C36H74. The van der Waals surface area contributed by atoms with Gasteiger partial charge in [0.2, 0.25) is 0 Å². The van der Waals surface area contributed by atoms with E-state index in [1.807, 2.05) is 0 Å². The van der Waals surface area contributed by atoms with Crippen molar-refractivity contribution in [3.05, 3.63) is 0 Å². The molecule has 0 saturated heterocycles. The average Bonchev–Trinajstić information content (AvgIpc) is 2.89. The zero-order valence-corrected chi connectivity index (χ0v) is 26.2. The number of unbranched alkanes of at least 4 members (excludes halogenated alkanes) is 26. The van der Waals surface area contributed by atoms with Crippen molar-refractivity contribution in [2.45, 2.75) is 226 Å². The molecule has 218 valence electrons. The molecule has 0 aromatic heterocycles. The van der Waals surface area contributed by atoms with Gasteiger partial charge in [0.1, 0.15) is 0 Å². The molecule has 36 heavy (non-hydrogen) atoms. The Balaban J connectivity index is 3.86. The molecule has 0 heteroatoms. The fourth-order valence-electron chi connectivity index (χ4n) is 6.02. The van der Waals surface area contributed by atoms with Crippen LogP contribution >= 0.6 is 0 Å². The molecule has 0 aromatic carbocycles. The zero-order chi connectivity index (χ0) is 26.2. The monoisotopic (exact) mass is 507 g/mol. The van der Waals surface area contributed by atoms with Crippen molar-refractivity contribution < 1.29 is 0 Å². The van der Waals surface area contributed by atoms with Crippen molar-refractivity contribution in [2.24, 2.45) is 5.92 Å². The first-order valence-corrected chi connectivity index (χ1v) is 17.8. The van der Waals surface area contributed by atoms with E-state index in [4.69, 9.17) is 0 Å². The van der Waals surface area contributed by atoms with Crippen molar-refractivity contribution in [2.75, 3.05) is 0 Å². The summed E-state index contributed by atoms with van der Waals surface area (Å²) in [5.41, 5.74) is 0. The van der Waals surface area contributed by atoms with Crippen molar-refractivity contribution in [3.63, 3.8) is 0 Å². The van der Waals surface area contributed by atoms with E-state index in [1.165, 1.54) is 205 Å². The predicted octanol–water partition coefficient (Wildman–Crippen LogP) is 14.1. The molecule has 0 aliphatic rings. The van der Waals surface area contributed by atoms with Gasteiger partial charge in [-0.1, -0.05) is 226 Å². The van der Waals surface area contributed by atoms with E-state index < -0.39 is 0 Å². The smallest absolute Gasteiger partial charge is 0.0414 e. The van der Waals surface area contributed by atoms with Crippen LogP contribution in [0.1, 0.15) is 226 Å². The summed E-state index contributed by atoms with van der Waals surface area (Å²) >= 11 is 0. The predicted molar refractivity (Wildman–Crippen MR) is 168 cm³/mol. The first kappa shape index (κ1) is 36.0. The van der Waals surface area contributed by atoms with Crippen LogP contribution in [0.25, 0.3) is 0 Å². The Hall–Kier alpha value is 0. The Bertz CT molecular complexity index is 335. The molecule has 0 aromatic rings. The minimum Gasteiger partial charge on any atom is -0.0654 e. The average molecular weight is 507 g/mol. The standard InChI is InChI=1S/C36H74/c1-4-7-10-13-16-19-22-25-28-31-34-36(33-30-27-24-21-18-15-12-9-6-3)35-32-29-26-23-20-17-14-11-8-5-2/h36H,4-35H2,1-3H3. The van der Waals surface area contributed by atoms with Gasteiger partial charge in [0, 0.05) is 0 Å². The lowest BCUT2D eigenvalue weighted by Gasteiger charge is -2.17. The van der Waals surface area contributed by atoms with Crippen molar-refractivity contribution in [1.82, 2.24) is 0 Å². The molecule has 0 saturated carbocycles. The van der Waals surface area contributed by atoms with E-state index in [-0.39, 0.29) is 0 Å². The molecule has 0 radical (unpaired) electrons. The van der Waals surface area contributed by atoms with E-state index in [0.29, 0.717) is 0 Å². The highest BCUT2D eigenvalue weighted by molar-refractivity contribution is 4.62. The summed E-state index contributed by atoms with van der Waals surface area (Å²) in [6.45, 7) is 6.96. The largest absolute Gasteiger partial charge is 0.0654 e. The third kappa shape index (κ3) is 30.2. The minimum atomic E-state index is 1.04. The first-order chi connectivity index (χ1) is 17.8. The molecule has 0 spiro atoms. The van der Waals surface area contributed by atoms with Crippen LogP contribution in [0.3, 0.4) is 0 Å². The van der Waals surface area contributed by atoms with Gasteiger partial charge in [0.15, 0.2) is 0 Å². The van der Waals surface area contributed by atoms with Crippen LogP contribution in [0, 0.1) is 5.92 Å². The number of rotatable bonds is 32.